The summed E-state index contributed by atoms with van der Waals surface area (Å²) in [5, 5.41) is 10.4. The van der Waals surface area contributed by atoms with E-state index in [0.29, 0.717) is 6.42 Å². The SMILES string of the molecule is CC(C)CC(C(N)=O)N(C(=O)C[C@H](O)[C@@H](N)CC(C)C)C(=O)C(N)Cc1ccccc1. The van der Waals surface area contributed by atoms with Crippen LogP contribution in [0.5, 0.6) is 0 Å². The van der Waals surface area contributed by atoms with Gasteiger partial charge in [-0.15, -0.1) is 0 Å². The number of nitrogens with zero attached hydrogens (tertiary/aromatic N) is 1. The van der Waals surface area contributed by atoms with Gasteiger partial charge < -0.3 is 22.3 Å². The average Bonchev–Trinajstić information content (AvgIpc) is 2.67. The molecule has 0 fully saturated rings. The Morgan fingerprint density at radius 2 is 1.52 bits per heavy atom. The Kier molecular flexibility index (Phi) is 10.8. The van der Waals surface area contributed by atoms with Crippen LogP contribution in [0.2, 0.25) is 0 Å². The maximum atomic E-state index is 13.2. The molecule has 8 nitrogen and oxygen atoms in total. The molecule has 2 unspecified atom stereocenters. The van der Waals surface area contributed by atoms with Crippen molar-refractivity contribution in [2.45, 2.75) is 77.6 Å². The van der Waals surface area contributed by atoms with Crippen LogP contribution in [0.3, 0.4) is 0 Å². The fraction of sp³-hybridized carbons (Fsp3) is 0.609. The second-order valence-electron chi connectivity index (χ2n) is 9.01. The van der Waals surface area contributed by atoms with E-state index in [-0.39, 0.29) is 31.1 Å². The molecule has 0 aromatic heterocycles. The Bertz CT molecular complexity index is 724. The first-order valence-electron chi connectivity index (χ1n) is 10.8. The molecule has 4 atom stereocenters. The number of benzene rings is 1. The average molecular weight is 435 g/mol. The maximum Gasteiger partial charge on any atom is 0.247 e. The standard InChI is InChI=1S/C23H38N4O4/c1-14(2)10-17(24)20(28)13-21(29)27(19(22(26)30)11-15(3)4)23(31)18(25)12-16-8-6-5-7-9-16/h5-9,14-15,17-20,28H,10-13,24-25H2,1-4H3,(H2,26,30)/t17-,18?,19?,20-/m0/s1. The van der Waals surface area contributed by atoms with Gasteiger partial charge in [0.15, 0.2) is 0 Å². The van der Waals surface area contributed by atoms with Crippen molar-refractivity contribution in [1.82, 2.24) is 4.90 Å². The largest absolute Gasteiger partial charge is 0.391 e. The topological polar surface area (TPSA) is 153 Å². The van der Waals surface area contributed by atoms with E-state index in [9.17, 15) is 19.5 Å². The quantitative estimate of drug-likeness (QED) is 0.384. The Morgan fingerprint density at radius 3 is 2.00 bits per heavy atom. The van der Waals surface area contributed by atoms with Crippen LogP contribution in [-0.2, 0) is 20.8 Å². The first-order valence-corrected chi connectivity index (χ1v) is 10.8. The summed E-state index contributed by atoms with van der Waals surface area (Å²) in [6.45, 7) is 7.64. The second-order valence-corrected chi connectivity index (χ2v) is 9.01. The van der Waals surface area contributed by atoms with Crippen molar-refractivity contribution >= 4 is 17.7 Å². The van der Waals surface area contributed by atoms with E-state index in [1.807, 2.05) is 58.0 Å². The van der Waals surface area contributed by atoms with Gasteiger partial charge in [-0.1, -0.05) is 58.0 Å². The normalized spacial score (nSPS) is 15.4. The summed E-state index contributed by atoms with van der Waals surface area (Å²) in [4.78, 5) is 39.3. The van der Waals surface area contributed by atoms with Gasteiger partial charge in [-0.2, -0.15) is 0 Å². The van der Waals surface area contributed by atoms with Gasteiger partial charge in [-0.05, 0) is 36.7 Å². The van der Waals surface area contributed by atoms with Crippen LogP contribution in [0.1, 0.15) is 52.5 Å². The zero-order valence-electron chi connectivity index (χ0n) is 19.0. The van der Waals surface area contributed by atoms with Gasteiger partial charge in [0.25, 0.3) is 0 Å². The van der Waals surface area contributed by atoms with Gasteiger partial charge in [0.2, 0.25) is 17.7 Å². The van der Waals surface area contributed by atoms with Crippen molar-refractivity contribution in [2.75, 3.05) is 0 Å². The van der Waals surface area contributed by atoms with Gasteiger partial charge in [-0.3, -0.25) is 19.3 Å². The first-order chi connectivity index (χ1) is 14.4. The Balaban J connectivity index is 3.12. The van der Waals surface area contributed by atoms with E-state index in [1.54, 1.807) is 0 Å². The summed E-state index contributed by atoms with van der Waals surface area (Å²) in [6, 6.07) is 6.34. The number of aliphatic hydroxyl groups is 1. The fourth-order valence-electron chi connectivity index (χ4n) is 3.51. The monoisotopic (exact) mass is 434 g/mol. The molecule has 1 aromatic carbocycles. The number of imide groups is 1. The second kappa shape index (κ2) is 12.5. The van der Waals surface area contributed by atoms with Crippen LogP contribution >= 0.6 is 0 Å². The molecule has 0 saturated heterocycles. The van der Waals surface area contributed by atoms with Crippen molar-refractivity contribution in [1.29, 1.82) is 0 Å². The van der Waals surface area contributed by atoms with Crippen LogP contribution in [0.4, 0.5) is 0 Å². The van der Waals surface area contributed by atoms with Crippen LogP contribution in [-0.4, -0.2) is 52.0 Å². The number of aliphatic hydroxyl groups excluding tert-OH is 1. The predicted molar refractivity (Wildman–Crippen MR) is 120 cm³/mol. The summed E-state index contributed by atoms with van der Waals surface area (Å²) in [6.07, 6.45) is -0.616. The van der Waals surface area contributed by atoms with Crippen molar-refractivity contribution in [3.05, 3.63) is 35.9 Å². The van der Waals surface area contributed by atoms with Gasteiger partial charge >= 0.3 is 0 Å². The number of nitrogens with two attached hydrogens (primary N) is 3. The number of primary amides is 1. The molecule has 1 aromatic rings. The molecule has 0 bridgehead atoms. The van der Waals surface area contributed by atoms with E-state index in [1.165, 1.54) is 0 Å². The van der Waals surface area contributed by atoms with Gasteiger partial charge in [-0.25, -0.2) is 0 Å². The highest BCUT2D eigenvalue weighted by Gasteiger charge is 2.37. The van der Waals surface area contributed by atoms with E-state index >= 15 is 0 Å². The molecule has 8 heteroatoms. The minimum atomic E-state index is -1.15. The molecule has 174 valence electrons. The highest BCUT2D eigenvalue weighted by atomic mass is 16.3. The van der Waals surface area contributed by atoms with E-state index in [4.69, 9.17) is 17.2 Å². The minimum Gasteiger partial charge on any atom is -0.391 e. The van der Waals surface area contributed by atoms with Crippen LogP contribution < -0.4 is 17.2 Å². The number of carbonyl (C=O) groups excluding carboxylic acids is 3. The number of carbonyl (C=O) groups is 3. The Morgan fingerprint density at radius 1 is 0.968 bits per heavy atom. The van der Waals surface area contributed by atoms with Crippen molar-refractivity contribution in [3.8, 4) is 0 Å². The molecule has 0 aliphatic heterocycles. The summed E-state index contributed by atoms with van der Waals surface area (Å²) in [5.74, 6) is -1.95. The molecule has 0 saturated carbocycles. The molecule has 0 spiro atoms. The molecule has 0 aliphatic rings. The third kappa shape index (κ3) is 8.77. The smallest absolute Gasteiger partial charge is 0.247 e. The van der Waals surface area contributed by atoms with E-state index in [2.05, 4.69) is 0 Å². The maximum absolute atomic E-state index is 13.2. The molecular formula is C23H38N4O4. The fourth-order valence-corrected chi connectivity index (χ4v) is 3.51. The van der Waals surface area contributed by atoms with Crippen LogP contribution in [0.15, 0.2) is 30.3 Å². The van der Waals surface area contributed by atoms with Gasteiger partial charge in [0.1, 0.15) is 6.04 Å². The summed E-state index contributed by atoms with van der Waals surface area (Å²) in [7, 11) is 0. The molecule has 1 rings (SSSR count). The zero-order valence-corrected chi connectivity index (χ0v) is 19.0. The number of hydrogen-bond acceptors (Lipinski definition) is 6. The molecular weight excluding hydrogens is 396 g/mol. The lowest BCUT2D eigenvalue weighted by Crippen LogP contribution is -2.57. The lowest BCUT2D eigenvalue weighted by atomic mass is 9.96. The highest BCUT2D eigenvalue weighted by molar-refractivity contribution is 6.02. The number of rotatable bonds is 12. The Hall–Kier alpha value is -2.29. The minimum absolute atomic E-state index is 0.000862. The molecule has 3 amide bonds. The molecule has 0 aliphatic carbocycles. The van der Waals surface area contributed by atoms with Gasteiger partial charge in [0, 0.05) is 6.04 Å². The van der Waals surface area contributed by atoms with Gasteiger partial charge in [0.05, 0.1) is 18.6 Å². The van der Waals surface area contributed by atoms with Crippen molar-refractivity contribution in [2.24, 2.45) is 29.0 Å². The third-order valence-corrected chi connectivity index (χ3v) is 5.08. The summed E-state index contributed by atoms with van der Waals surface area (Å²) in [5.41, 5.74) is 18.5. The molecule has 0 heterocycles. The number of amides is 3. The van der Waals surface area contributed by atoms with Crippen LogP contribution in [0, 0.1) is 11.8 Å². The lowest BCUT2D eigenvalue weighted by molar-refractivity contribution is -0.154. The summed E-state index contributed by atoms with van der Waals surface area (Å²) >= 11 is 0. The van der Waals surface area contributed by atoms with Crippen LogP contribution in [0.25, 0.3) is 0 Å². The van der Waals surface area contributed by atoms with E-state index in [0.717, 1.165) is 10.5 Å². The van der Waals surface area contributed by atoms with Crippen molar-refractivity contribution < 1.29 is 19.5 Å². The molecule has 7 N–H and O–H groups in total. The molecule has 0 radical (unpaired) electrons. The van der Waals surface area contributed by atoms with Crippen molar-refractivity contribution in [3.63, 3.8) is 0 Å². The number of hydrogen-bond donors (Lipinski definition) is 4. The zero-order chi connectivity index (χ0) is 23.7. The van der Waals surface area contributed by atoms with E-state index < -0.39 is 42.0 Å². The molecule has 31 heavy (non-hydrogen) atoms. The third-order valence-electron chi connectivity index (χ3n) is 5.08. The summed E-state index contributed by atoms with van der Waals surface area (Å²) < 4.78 is 0. The Labute approximate surface area is 185 Å². The first kappa shape index (κ1) is 26.7. The predicted octanol–water partition coefficient (Wildman–Crippen LogP) is 0.936. The highest BCUT2D eigenvalue weighted by Crippen LogP contribution is 2.18. The lowest BCUT2D eigenvalue weighted by Gasteiger charge is -2.32.